The summed E-state index contributed by atoms with van der Waals surface area (Å²) >= 11 is 6.25. The summed E-state index contributed by atoms with van der Waals surface area (Å²) in [6.07, 6.45) is 6.46. The first-order valence-electron chi connectivity index (χ1n) is 22.0. The Kier molecular flexibility index (Phi) is 12.5. The van der Waals surface area contributed by atoms with Crippen LogP contribution in [0.4, 0.5) is 17.1 Å². The number of carbonyl (C=O) groups excluding carboxylic acids is 1. The van der Waals surface area contributed by atoms with Crippen LogP contribution >= 0.6 is 11.6 Å². The number of piperazine rings is 1. The summed E-state index contributed by atoms with van der Waals surface area (Å²) in [6, 6.07) is 18.8. The molecule has 0 radical (unpaired) electrons. The number of nitrogens with one attached hydrogen (secondary N) is 3. The van der Waals surface area contributed by atoms with E-state index in [1.165, 1.54) is 35.0 Å². The number of nitro benzene ring substituents is 1. The van der Waals surface area contributed by atoms with Crippen LogP contribution < -0.4 is 24.4 Å². The topological polar surface area (TPSA) is 184 Å². The van der Waals surface area contributed by atoms with Crippen molar-refractivity contribution < 1.29 is 32.3 Å². The van der Waals surface area contributed by atoms with E-state index in [1.54, 1.807) is 24.4 Å². The van der Waals surface area contributed by atoms with Crippen LogP contribution in [0.3, 0.4) is 0 Å². The number of pyridine rings is 1. The molecule has 2 saturated heterocycles. The van der Waals surface area contributed by atoms with Gasteiger partial charge in [0.05, 0.1) is 40.8 Å². The Labute approximate surface area is 383 Å². The van der Waals surface area contributed by atoms with Crippen molar-refractivity contribution in [3.63, 3.8) is 0 Å². The molecule has 0 unspecified atom stereocenters. The summed E-state index contributed by atoms with van der Waals surface area (Å²) in [7, 11) is -4.66. The van der Waals surface area contributed by atoms with E-state index in [1.807, 2.05) is 25.1 Å². The van der Waals surface area contributed by atoms with E-state index in [2.05, 4.69) is 60.7 Å². The van der Waals surface area contributed by atoms with Gasteiger partial charge in [-0.25, -0.2) is 18.1 Å². The van der Waals surface area contributed by atoms with E-state index in [-0.39, 0.29) is 46.9 Å². The number of nitro groups is 1. The summed E-state index contributed by atoms with van der Waals surface area (Å²) in [4.78, 5) is 39.7. The predicted molar refractivity (Wildman–Crippen MR) is 250 cm³/mol. The van der Waals surface area contributed by atoms with Crippen molar-refractivity contribution in [3.8, 4) is 17.2 Å². The van der Waals surface area contributed by atoms with Crippen LogP contribution in [0.15, 0.2) is 89.6 Å². The number of benzene rings is 3. The van der Waals surface area contributed by atoms with Gasteiger partial charge in [0.15, 0.2) is 11.4 Å². The van der Waals surface area contributed by atoms with E-state index in [4.69, 9.17) is 25.8 Å². The Bertz CT molecular complexity index is 2750. The molecule has 342 valence electrons. The molecule has 2 fully saturated rings. The molecule has 0 bridgehead atoms. The predicted octanol–water partition coefficient (Wildman–Crippen LogP) is 7.72. The van der Waals surface area contributed by atoms with Gasteiger partial charge in [-0.15, -0.1) is 0 Å². The van der Waals surface area contributed by atoms with Gasteiger partial charge >= 0.3 is 0 Å². The second-order valence-corrected chi connectivity index (χ2v) is 20.3. The molecule has 3 aromatic carbocycles. The van der Waals surface area contributed by atoms with E-state index in [9.17, 15) is 23.3 Å². The normalized spacial score (nSPS) is 20.5. The van der Waals surface area contributed by atoms with Gasteiger partial charge in [0, 0.05) is 92.3 Å². The highest BCUT2D eigenvalue weighted by atomic mass is 35.5. The van der Waals surface area contributed by atoms with Gasteiger partial charge in [-0.05, 0) is 79.1 Å². The van der Waals surface area contributed by atoms with Gasteiger partial charge in [0.1, 0.15) is 23.8 Å². The van der Waals surface area contributed by atoms with Gasteiger partial charge in [-0.1, -0.05) is 43.2 Å². The molecule has 9 rings (SSSR count). The minimum absolute atomic E-state index is 0.000771. The van der Waals surface area contributed by atoms with Crippen molar-refractivity contribution in [3.05, 3.63) is 111 Å². The average Bonchev–Trinajstić information content (AvgIpc) is 3.76. The Balaban J connectivity index is 0.937. The molecule has 4 aliphatic rings. The zero-order valence-electron chi connectivity index (χ0n) is 36.6. The number of allylic oxidation sites excluding steroid dienone is 1. The first-order valence-corrected chi connectivity index (χ1v) is 23.8. The summed E-state index contributed by atoms with van der Waals surface area (Å²) in [6.45, 7) is 13.2. The van der Waals surface area contributed by atoms with E-state index >= 15 is 0 Å². The number of anilines is 2. The molecule has 2 atom stereocenters. The van der Waals surface area contributed by atoms with Gasteiger partial charge in [-0.2, -0.15) is 0 Å². The van der Waals surface area contributed by atoms with E-state index < -0.39 is 31.4 Å². The lowest BCUT2D eigenvalue weighted by atomic mass is 9.72. The molecule has 5 aromatic rings. The smallest absolute Gasteiger partial charge is 0.297 e. The number of nitrogens with zero attached hydrogens (tertiary/aromatic N) is 5. The van der Waals surface area contributed by atoms with Gasteiger partial charge in [0.2, 0.25) is 0 Å². The average molecular weight is 926 g/mol. The quantitative estimate of drug-likeness (QED) is 0.0818. The number of fused-ring (bicyclic) bond motifs is 2. The number of aromatic amines is 1. The summed E-state index contributed by atoms with van der Waals surface area (Å²) in [5.74, 6) is -0.526. The second-order valence-electron chi connectivity index (χ2n) is 18.1. The number of amides is 1. The molecule has 3 aliphatic heterocycles. The van der Waals surface area contributed by atoms with Gasteiger partial charge < -0.3 is 29.4 Å². The molecular weight excluding hydrogens is 872 g/mol. The summed E-state index contributed by atoms with van der Waals surface area (Å²) < 4.78 is 47.8. The van der Waals surface area contributed by atoms with Crippen LogP contribution in [-0.2, 0) is 14.8 Å². The van der Waals surface area contributed by atoms with Gasteiger partial charge in [0.25, 0.3) is 21.6 Å². The van der Waals surface area contributed by atoms with Crippen molar-refractivity contribution in [2.45, 2.75) is 57.0 Å². The number of H-pyrrole nitrogens is 1. The maximum Gasteiger partial charge on any atom is 0.297 e. The fraction of sp³-hybridized carbons (Fsp3) is 0.404. The van der Waals surface area contributed by atoms with E-state index in [0.29, 0.717) is 50.8 Å². The molecule has 0 spiro atoms. The number of hydrogen-bond acceptors (Lipinski definition) is 13. The van der Waals surface area contributed by atoms with Crippen molar-refractivity contribution >= 4 is 61.2 Å². The van der Waals surface area contributed by atoms with Crippen LogP contribution in [0, 0.1) is 15.5 Å². The standard InChI is InChI=1S/C47H53ClN8O8S/c1-30-28-62-19-18-55(30)27-35-29-63-43-23-38(22-41(56(58)59)44(43)51-35)65(60,61)52-46(57)39-9-8-36(21-42(39)64-37-20-32-11-13-49-45(32)50-25-37)54-16-14-53(15-17-54)26-33-10-12-47(2,3)24-40(33)31-4-6-34(48)7-5-31/h4-9,11,13,20-23,25,30,35,51H,10,12,14-19,24,26-29H2,1-3H3,(H,49,50)(H,52,57)/t30-,35+/m0/s1. The second kappa shape index (κ2) is 18.3. The molecule has 65 heavy (non-hydrogen) atoms. The van der Waals surface area contributed by atoms with Crippen molar-refractivity contribution in [2.75, 3.05) is 75.9 Å². The lowest BCUT2D eigenvalue weighted by Crippen LogP contribution is -2.50. The number of carbonyl (C=O) groups is 1. The number of ether oxygens (including phenoxy) is 3. The maximum absolute atomic E-state index is 14.1. The highest BCUT2D eigenvalue weighted by molar-refractivity contribution is 7.90. The Morgan fingerprint density at radius 3 is 2.62 bits per heavy atom. The molecule has 5 heterocycles. The minimum atomic E-state index is -4.66. The zero-order valence-corrected chi connectivity index (χ0v) is 38.2. The van der Waals surface area contributed by atoms with Crippen molar-refractivity contribution in [1.29, 1.82) is 0 Å². The summed E-state index contributed by atoms with van der Waals surface area (Å²) in [5.41, 5.74) is 5.30. The molecule has 0 saturated carbocycles. The highest BCUT2D eigenvalue weighted by Crippen LogP contribution is 2.44. The molecular formula is C47H53ClN8O8S. The molecule has 3 N–H and O–H groups in total. The molecule has 16 nitrogen and oxygen atoms in total. The van der Waals surface area contributed by atoms with Crippen LogP contribution in [-0.4, -0.2) is 117 Å². The number of sulfonamides is 1. The lowest BCUT2D eigenvalue weighted by molar-refractivity contribution is -0.384. The Morgan fingerprint density at radius 1 is 1.05 bits per heavy atom. The molecule has 1 amide bonds. The third-order valence-electron chi connectivity index (χ3n) is 12.9. The van der Waals surface area contributed by atoms with Crippen molar-refractivity contribution in [2.24, 2.45) is 5.41 Å². The lowest BCUT2D eigenvalue weighted by Gasteiger charge is -2.39. The SMILES string of the molecule is C[C@H]1COCCN1C[C@@H]1COc2cc(S(=O)(=O)NC(=O)c3ccc(N4CCN(CC5=C(c6ccc(Cl)cc6)CC(C)(C)CC5)CC4)cc3Oc3cnc4[nH]ccc4c3)cc([N+](=O)[O-])c2N1. The number of aromatic nitrogens is 2. The molecule has 2 aromatic heterocycles. The largest absolute Gasteiger partial charge is 0.489 e. The third-order valence-corrected chi connectivity index (χ3v) is 14.4. The van der Waals surface area contributed by atoms with E-state index in [0.717, 1.165) is 61.1 Å². The minimum Gasteiger partial charge on any atom is -0.489 e. The number of halogens is 1. The zero-order chi connectivity index (χ0) is 45.5. The Morgan fingerprint density at radius 2 is 1.85 bits per heavy atom. The summed E-state index contributed by atoms with van der Waals surface area (Å²) in [5, 5.41) is 17.1. The number of morpholine rings is 1. The fourth-order valence-corrected chi connectivity index (χ4v) is 10.3. The highest BCUT2D eigenvalue weighted by Gasteiger charge is 2.34. The van der Waals surface area contributed by atoms with Crippen LogP contribution in [0.2, 0.25) is 5.02 Å². The molecule has 1 aliphatic carbocycles. The third kappa shape index (κ3) is 9.94. The fourth-order valence-electron chi connectivity index (χ4n) is 9.20. The Hall–Kier alpha value is -5.72. The number of hydrogen-bond donors (Lipinski definition) is 3. The van der Waals surface area contributed by atoms with Crippen LogP contribution in [0.5, 0.6) is 17.2 Å². The first-order chi connectivity index (χ1) is 31.2. The van der Waals surface area contributed by atoms with Crippen LogP contribution in [0.25, 0.3) is 16.6 Å². The maximum atomic E-state index is 14.1. The first kappa shape index (κ1) is 44.5. The molecule has 18 heteroatoms. The monoisotopic (exact) mass is 924 g/mol. The van der Waals surface area contributed by atoms with Gasteiger partial charge in [-0.3, -0.25) is 24.7 Å². The van der Waals surface area contributed by atoms with Crippen molar-refractivity contribution in [1.82, 2.24) is 24.5 Å². The number of rotatable bonds is 12. The van der Waals surface area contributed by atoms with Crippen LogP contribution in [0.1, 0.15) is 56.0 Å².